The van der Waals surface area contributed by atoms with Gasteiger partial charge in [-0.15, -0.1) is 5.10 Å². The van der Waals surface area contributed by atoms with Crippen LogP contribution in [-0.4, -0.2) is 50.8 Å². The monoisotopic (exact) mass is 516 g/mol. The Bertz CT molecular complexity index is 1240. The molecule has 0 saturated carbocycles. The first-order valence-electron chi connectivity index (χ1n) is 10.2. The molecule has 1 unspecified atom stereocenters. The average molecular weight is 517 g/mol. The fraction of sp³-hybridized carbons (Fsp3) is 0.318. The molecule has 1 fully saturated rings. The minimum absolute atomic E-state index is 0.0652. The third kappa shape index (κ3) is 3.82. The van der Waals surface area contributed by atoms with Crippen molar-refractivity contribution in [3.63, 3.8) is 0 Å². The first-order valence-corrected chi connectivity index (χ1v) is 11.9. The predicted molar refractivity (Wildman–Crippen MR) is 123 cm³/mol. The fourth-order valence-electron chi connectivity index (χ4n) is 4.20. The van der Waals surface area contributed by atoms with E-state index in [4.69, 9.17) is 9.15 Å². The topological polar surface area (TPSA) is 93.1 Å². The number of nitrogens with zero attached hydrogens (tertiary/aromatic N) is 4. The molecular formula is C22H21BrN4O4S. The molecule has 4 heterocycles. The number of thiazole rings is 1. The summed E-state index contributed by atoms with van der Waals surface area (Å²) in [6.07, 6.45) is 2.99. The van der Waals surface area contributed by atoms with Crippen LogP contribution in [0.2, 0.25) is 0 Å². The van der Waals surface area contributed by atoms with Crippen LogP contribution in [0.15, 0.2) is 51.6 Å². The number of aromatic nitrogens is 3. The summed E-state index contributed by atoms with van der Waals surface area (Å²) in [5.74, 6) is 0.800. The average Bonchev–Trinajstić information content (AvgIpc) is 3.53. The summed E-state index contributed by atoms with van der Waals surface area (Å²) in [5.41, 5.74) is 1.04. The van der Waals surface area contributed by atoms with E-state index < -0.39 is 0 Å². The number of ether oxygens (including phenoxy) is 1. The quantitative estimate of drug-likeness (QED) is 0.390. The minimum atomic E-state index is -0.188. The van der Waals surface area contributed by atoms with Gasteiger partial charge in [-0.3, -0.25) is 9.69 Å². The Kier molecular flexibility index (Phi) is 5.75. The van der Waals surface area contributed by atoms with Gasteiger partial charge in [0, 0.05) is 4.47 Å². The lowest BCUT2D eigenvalue weighted by Gasteiger charge is -2.36. The van der Waals surface area contributed by atoms with Crippen LogP contribution < -0.4 is 0 Å². The Hall–Kier alpha value is -2.69. The molecule has 1 aliphatic heterocycles. The van der Waals surface area contributed by atoms with Crippen LogP contribution in [0.4, 0.5) is 0 Å². The highest BCUT2D eigenvalue weighted by atomic mass is 79.9. The Morgan fingerprint density at radius 2 is 2.12 bits per heavy atom. The van der Waals surface area contributed by atoms with Crippen molar-refractivity contribution in [1.82, 2.24) is 19.5 Å². The van der Waals surface area contributed by atoms with Crippen LogP contribution in [0.1, 0.15) is 29.3 Å². The van der Waals surface area contributed by atoms with Gasteiger partial charge in [0.1, 0.15) is 0 Å². The number of piperidine rings is 1. The largest absolute Gasteiger partial charge is 0.492 e. The van der Waals surface area contributed by atoms with E-state index in [0.29, 0.717) is 42.5 Å². The molecule has 4 aromatic rings. The maximum atomic E-state index is 12.0. The third-order valence-corrected chi connectivity index (χ3v) is 7.35. The van der Waals surface area contributed by atoms with Gasteiger partial charge in [-0.05, 0) is 55.8 Å². The molecule has 0 radical (unpaired) electrons. The van der Waals surface area contributed by atoms with Crippen molar-refractivity contribution >= 4 is 38.2 Å². The van der Waals surface area contributed by atoms with Crippen molar-refractivity contribution in [1.29, 1.82) is 0 Å². The molecule has 0 spiro atoms. The molecule has 1 aromatic carbocycles. The van der Waals surface area contributed by atoms with E-state index in [0.717, 1.165) is 14.9 Å². The Morgan fingerprint density at radius 1 is 1.31 bits per heavy atom. The van der Waals surface area contributed by atoms with Crippen LogP contribution in [0, 0.1) is 5.92 Å². The Balaban J connectivity index is 1.52. The first kappa shape index (κ1) is 21.2. The lowest BCUT2D eigenvalue weighted by atomic mass is 9.94. The van der Waals surface area contributed by atoms with Gasteiger partial charge in [-0.2, -0.15) is 9.50 Å². The Morgan fingerprint density at radius 3 is 2.78 bits per heavy atom. The van der Waals surface area contributed by atoms with Crippen molar-refractivity contribution in [3.05, 3.63) is 57.6 Å². The lowest BCUT2D eigenvalue weighted by molar-refractivity contribution is -0.147. The van der Waals surface area contributed by atoms with E-state index in [-0.39, 0.29) is 23.8 Å². The highest BCUT2D eigenvalue weighted by molar-refractivity contribution is 9.10. The normalized spacial score (nSPS) is 16.4. The fourth-order valence-corrected chi connectivity index (χ4v) is 5.74. The zero-order valence-corrected chi connectivity index (χ0v) is 19.7. The second-order valence-corrected chi connectivity index (χ2v) is 9.61. The molecule has 0 aliphatic carbocycles. The van der Waals surface area contributed by atoms with E-state index in [1.807, 2.05) is 18.2 Å². The molecule has 166 valence electrons. The van der Waals surface area contributed by atoms with Gasteiger partial charge in [-0.1, -0.05) is 39.4 Å². The molecule has 1 N–H and O–H groups in total. The van der Waals surface area contributed by atoms with Crippen LogP contribution in [0.3, 0.4) is 0 Å². The maximum Gasteiger partial charge on any atom is 0.308 e. The molecule has 0 bridgehead atoms. The van der Waals surface area contributed by atoms with Crippen molar-refractivity contribution in [2.24, 2.45) is 5.92 Å². The number of aromatic hydroxyl groups is 1. The number of carbonyl (C=O) groups excluding carboxylic acids is 1. The SMILES string of the molecule is COC(=O)C1CCN(C(c2cccc(Br)c2)c2sc3nc(-c4ccco4)nn3c2O)CC1. The number of esters is 1. The zero-order chi connectivity index (χ0) is 22.2. The predicted octanol–water partition coefficient (Wildman–Crippen LogP) is 4.49. The molecule has 32 heavy (non-hydrogen) atoms. The number of carbonyl (C=O) groups is 1. The molecular weight excluding hydrogens is 496 g/mol. The van der Waals surface area contributed by atoms with Crippen molar-refractivity contribution < 1.29 is 19.1 Å². The summed E-state index contributed by atoms with van der Waals surface area (Å²) in [6.45, 7) is 1.42. The molecule has 1 atom stereocenters. The van der Waals surface area contributed by atoms with E-state index in [2.05, 4.69) is 37.0 Å². The van der Waals surface area contributed by atoms with Crippen LogP contribution in [-0.2, 0) is 9.53 Å². The van der Waals surface area contributed by atoms with E-state index >= 15 is 0 Å². The van der Waals surface area contributed by atoms with Gasteiger partial charge in [0.15, 0.2) is 5.76 Å². The number of hydrogen-bond acceptors (Lipinski definition) is 8. The number of likely N-dealkylation sites (tertiary alicyclic amines) is 1. The van der Waals surface area contributed by atoms with Gasteiger partial charge in [0.25, 0.3) is 0 Å². The maximum absolute atomic E-state index is 12.0. The van der Waals surface area contributed by atoms with Gasteiger partial charge in [0.05, 0.1) is 30.2 Å². The summed E-state index contributed by atoms with van der Waals surface area (Å²) in [7, 11) is 1.43. The summed E-state index contributed by atoms with van der Waals surface area (Å²) < 4.78 is 12.7. The Labute approximate surface area is 196 Å². The smallest absolute Gasteiger partial charge is 0.308 e. The number of rotatable bonds is 5. The minimum Gasteiger partial charge on any atom is -0.492 e. The zero-order valence-electron chi connectivity index (χ0n) is 17.3. The summed E-state index contributed by atoms with van der Waals surface area (Å²) in [5, 5.41) is 15.6. The lowest BCUT2D eigenvalue weighted by Crippen LogP contribution is -2.39. The van der Waals surface area contributed by atoms with E-state index in [1.165, 1.54) is 23.0 Å². The highest BCUT2D eigenvalue weighted by Crippen LogP contribution is 2.42. The van der Waals surface area contributed by atoms with Crippen LogP contribution in [0.5, 0.6) is 5.88 Å². The van der Waals surface area contributed by atoms with Gasteiger partial charge >= 0.3 is 5.97 Å². The summed E-state index contributed by atoms with van der Waals surface area (Å²) in [6, 6.07) is 11.4. The number of halogens is 1. The van der Waals surface area contributed by atoms with Gasteiger partial charge < -0.3 is 14.3 Å². The summed E-state index contributed by atoms with van der Waals surface area (Å²) >= 11 is 4.97. The van der Waals surface area contributed by atoms with E-state index in [1.54, 1.807) is 18.4 Å². The number of methoxy groups -OCH3 is 1. The number of furan rings is 1. The number of hydrogen-bond donors (Lipinski definition) is 1. The van der Waals surface area contributed by atoms with Crippen LogP contribution >= 0.6 is 27.3 Å². The third-order valence-electron chi connectivity index (χ3n) is 5.78. The van der Waals surface area contributed by atoms with Gasteiger partial charge in [0.2, 0.25) is 16.7 Å². The first-order chi connectivity index (χ1) is 15.5. The van der Waals surface area contributed by atoms with Crippen molar-refractivity contribution in [3.8, 4) is 17.5 Å². The highest BCUT2D eigenvalue weighted by Gasteiger charge is 2.34. The molecule has 5 rings (SSSR count). The molecule has 0 amide bonds. The molecule has 10 heteroatoms. The van der Waals surface area contributed by atoms with Crippen LogP contribution in [0.25, 0.3) is 16.5 Å². The van der Waals surface area contributed by atoms with Crippen molar-refractivity contribution in [2.45, 2.75) is 18.9 Å². The van der Waals surface area contributed by atoms with Gasteiger partial charge in [-0.25, -0.2) is 0 Å². The second-order valence-electron chi connectivity index (χ2n) is 7.69. The second kappa shape index (κ2) is 8.68. The van der Waals surface area contributed by atoms with E-state index in [9.17, 15) is 9.90 Å². The molecule has 8 nitrogen and oxygen atoms in total. The van der Waals surface area contributed by atoms with Crippen molar-refractivity contribution in [2.75, 3.05) is 20.2 Å². The summed E-state index contributed by atoms with van der Waals surface area (Å²) in [4.78, 5) is 20.2. The molecule has 1 aliphatic rings. The number of fused-ring (bicyclic) bond motifs is 1. The molecule has 1 saturated heterocycles. The molecule has 3 aromatic heterocycles. The standard InChI is InChI=1S/C22H21BrN4O4S/c1-30-21(29)13-7-9-26(10-8-13)17(14-4-2-5-15(23)12-14)18-20(28)27-22(32-18)24-19(25-27)16-6-3-11-31-16/h2-6,11-13,17,28H,7-10H2,1H3. The number of benzene rings is 1.